The van der Waals surface area contributed by atoms with Gasteiger partial charge in [-0.25, -0.2) is 0 Å². The van der Waals surface area contributed by atoms with Gasteiger partial charge in [-0.2, -0.15) is 5.10 Å². The van der Waals surface area contributed by atoms with Gasteiger partial charge in [0.2, 0.25) is 0 Å². The van der Waals surface area contributed by atoms with Crippen LogP contribution in [0.3, 0.4) is 0 Å². The summed E-state index contributed by atoms with van der Waals surface area (Å²) in [6.07, 6.45) is 4.69. The molecule has 1 aliphatic carbocycles. The molecule has 0 amide bonds. The first-order chi connectivity index (χ1) is 6.24. The Bertz CT molecular complexity index is 300. The predicted molar refractivity (Wildman–Crippen MR) is 57.2 cm³/mol. The lowest BCUT2D eigenvalue weighted by Crippen LogP contribution is -2.07. The van der Waals surface area contributed by atoms with Crippen molar-refractivity contribution >= 4 is 15.9 Å². The van der Waals surface area contributed by atoms with E-state index in [4.69, 9.17) is 0 Å². The van der Waals surface area contributed by atoms with Gasteiger partial charge in [-0.05, 0) is 26.7 Å². The third kappa shape index (κ3) is 1.66. The van der Waals surface area contributed by atoms with Crippen LogP contribution in [0.5, 0.6) is 0 Å². The van der Waals surface area contributed by atoms with E-state index in [1.165, 1.54) is 24.1 Å². The van der Waals surface area contributed by atoms with E-state index in [2.05, 4.69) is 39.6 Å². The van der Waals surface area contributed by atoms with Crippen LogP contribution in [-0.4, -0.2) is 9.78 Å². The van der Waals surface area contributed by atoms with Crippen molar-refractivity contribution in [2.45, 2.75) is 44.0 Å². The molecule has 1 heterocycles. The molecule has 0 aliphatic heterocycles. The van der Waals surface area contributed by atoms with Crippen LogP contribution in [-0.2, 0) is 5.33 Å². The SMILES string of the molecule is CC(C)n1ncc(CBr)c1C1CC1. The van der Waals surface area contributed by atoms with Crippen molar-refractivity contribution in [1.29, 1.82) is 0 Å². The number of halogens is 1. The summed E-state index contributed by atoms with van der Waals surface area (Å²) in [5.74, 6) is 0.789. The molecule has 1 aliphatic rings. The maximum absolute atomic E-state index is 4.43. The molecule has 0 spiro atoms. The van der Waals surface area contributed by atoms with Gasteiger partial charge in [-0.15, -0.1) is 0 Å². The molecule has 1 aromatic heterocycles. The van der Waals surface area contributed by atoms with Gasteiger partial charge in [0, 0.05) is 28.5 Å². The molecule has 1 saturated carbocycles. The first-order valence-corrected chi connectivity index (χ1v) is 5.98. The largest absolute Gasteiger partial charge is 0.267 e. The molecule has 72 valence electrons. The second-order valence-electron chi connectivity index (χ2n) is 4.00. The second kappa shape index (κ2) is 3.45. The minimum atomic E-state index is 0.489. The van der Waals surface area contributed by atoms with E-state index in [1.807, 2.05) is 6.20 Å². The van der Waals surface area contributed by atoms with Gasteiger partial charge in [-0.1, -0.05) is 15.9 Å². The molecule has 0 saturated heterocycles. The topological polar surface area (TPSA) is 17.8 Å². The standard InChI is InChI=1S/C10H15BrN2/c1-7(2)13-10(8-3-4-8)9(5-11)6-12-13/h6-8H,3-5H2,1-2H3. The normalized spacial score (nSPS) is 16.9. The Kier molecular flexibility index (Phi) is 2.45. The van der Waals surface area contributed by atoms with E-state index in [1.54, 1.807) is 0 Å². The van der Waals surface area contributed by atoms with Crippen LogP contribution in [0.1, 0.15) is 49.9 Å². The Morgan fingerprint density at radius 2 is 2.31 bits per heavy atom. The average Bonchev–Trinajstić information content (AvgIpc) is 2.84. The van der Waals surface area contributed by atoms with E-state index in [-0.39, 0.29) is 0 Å². The number of rotatable bonds is 3. The smallest absolute Gasteiger partial charge is 0.0533 e. The predicted octanol–water partition coefficient (Wildman–Crippen LogP) is 3.24. The fourth-order valence-electron chi connectivity index (χ4n) is 1.73. The van der Waals surface area contributed by atoms with Crippen molar-refractivity contribution in [2.24, 2.45) is 0 Å². The van der Waals surface area contributed by atoms with Gasteiger partial charge in [0.25, 0.3) is 0 Å². The average molecular weight is 243 g/mol. The van der Waals surface area contributed by atoms with E-state index in [0.29, 0.717) is 6.04 Å². The van der Waals surface area contributed by atoms with Crippen molar-refractivity contribution in [1.82, 2.24) is 9.78 Å². The van der Waals surface area contributed by atoms with E-state index in [9.17, 15) is 0 Å². The van der Waals surface area contributed by atoms with Gasteiger partial charge in [0.05, 0.1) is 6.20 Å². The van der Waals surface area contributed by atoms with Crippen LogP contribution in [0.2, 0.25) is 0 Å². The first kappa shape index (κ1) is 9.25. The third-order valence-corrected chi connectivity index (χ3v) is 3.12. The van der Waals surface area contributed by atoms with Crippen LogP contribution < -0.4 is 0 Å². The molecule has 2 nitrogen and oxygen atoms in total. The lowest BCUT2D eigenvalue weighted by atomic mass is 10.2. The maximum atomic E-state index is 4.43. The Balaban J connectivity index is 2.38. The molecule has 0 atom stereocenters. The van der Waals surface area contributed by atoms with Gasteiger partial charge >= 0.3 is 0 Å². The summed E-state index contributed by atoms with van der Waals surface area (Å²) >= 11 is 3.51. The highest BCUT2D eigenvalue weighted by Gasteiger charge is 2.30. The van der Waals surface area contributed by atoms with Crippen LogP contribution in [0, 0.1) is 0 Å². The molecule has 0 N–H and O–H groups in total. The van der Waals surface area contributed by atoms with E-state index >= 15 is 0 Å². The zero-order valence-electron chi connectivity index (χ0n) is 8.13. The summed E-state index contributed by atoms with van der Waals surface area (Å²) in [6, 6.07) is 0.489. The molecule has 1 aromatic rings. The number of nitrogens with zero attached hydrogens (tertiary/aromatic N) is 2. The number of hydrogen-bond acceptors (Lipinski definition) is 1. The summed E-state index contributed by atoms with van der Waals surface area (Å²) in [6.45, 7) is 4.38. The molecule has 1 fully saturated rings. The maximum Gasteiger partial charge on any atom is 0.0533 e. The minimum Gasteiger partial charge on any atom is -0.267 e. The van der Waals surface area contributed by atoms with E-state index < -0.39 is 0 Å². The summed E-state index contributed by atoms with van der Waals surface area (Å²) in [5.41, 5.74) is 2.84. The van der Waals surface area contributed by atoms with Crippen LogP contribution in [0.15, 0.2) is 6.20 Å². The molecule has 0 aromatic carbocycles. The minimum absolute atomic E-state index is 0.489. The highest BCUT2D eigenvalue weighted by molar-refractivity contribution is 9.08. The number of alkyl halides is 1. The van der Waals surface area contributed by atoms with Gasteiger partial charge in [0.1, 0.15) is 0 Å². The lowest BCUT2D eigenvalue weighted by molar-refractivity contribution is 0.509. The van der Waals surface area contributed by atoms with Crippen LogP contribution in [0.25, 0.3) is 0 Å². The fraction of sp³-hybridized carbons (Fsp3) is 0.700. The summed E-state index contributed by atoms with van der Waals surface area (Å²) in [4.78, 5) is 0. The summed E-state index contributed by atoms with van der Waals surface area (Å²) in [7, 11) is 0. The fourth-order valence-corrected chi connectivity index (χ4v) is 2.16. The molecule has 3 heteroatoms. The van der Waals surface area contributed by atoms with Crippen LogP contribution >= 0.6 is 15.9 Å². The second-order valence-corrected chi connectivity index (χ2v) is 4.56. The molecule has 2 rings (SSSR count). The molecule has 0 radical (unpaired) electrons. The van der Waals surface area contributed by atoms with Crippen molar-refractivity contribution in [3.05, 3.63) is 17.5 Å². The zero-order chi connectivity index (χ0) is 9.42. The molecule has 0 unspecified atom stereocenters. The van der Waals surface area contributed by atoms with Crippen molar-refractivity contribution < 1.29 is 0 Å². The molecule has 0 bridgehead atoms. The number of hydrogen-bond donors (Lipinski definition) is 0. The molecular formula is C10H15BrN2. The highest BCUT2D eigenvalue weighted by atomic mass is 79.9. The van der Waals surface area contributed by atoms with Crippen LogP contribution in [0.4, 0.5) is 0 Å². The monoisotopic (exact) mass is 242 g/mol. The van der Waals surface area contributed by atoms with E-state index in [0.717, 1.165) is 11.2 Å². The Hall–Kier alpha value is -0.310. The summed E-state index contributed by atoms with van der Waals surface area (Å²) in [5, 5.41) is 5.37. The third-order valence-electron chi connectivity index (χ3n) is 2.51. The molecular weight excluding hydrogens is 228 g/mol. The first-order valence-electron chi connectivity index (χ1n) is 4.86. The van der Waals surface area contributed by atoms with Gasteiger partial charge < -0.3 is 0 Å². The quantitative estimate of drug-likeness (QED) is 0.745. The molecule has 13 heavy (non-hydrogen) atoms. The van der Waals surface area contributed by atoms with Crippen molar-refractivity contribution in [3.63, 3.8) is 0 Å². The van der Waals surface area contributed by atoms with Crippen molar-refractivity contribution in [2.75, 3.05) is 0 Å². The van der Waals surface area contributed by atoms with Gasteiger partial charge in [-0.3, -0.25) is 4.68 Å². The highest BCUT2D eigenvalue weighted by Crippen LogP contribution is 2.42. The Morgan fingerprint density at radius 1 is 1.62 bits per heavy atom. The Labute approximate surface area is 87.5 Å². The Morgan fingerprint density at radius 3 is 2.77 bits per heavy atom. The summed E-state index contributed by atoms with van der Waals surface area (Å²) < 4.78 is 2.17. The number of aromatic nitrogens is 2. The lowest BCUT2D eigenvalue weighted by Gasteiger charge is -2.11. The van der Waals surface area contributed by atoms with Crippen molar-refractivity contribution in [3.8, 4) is 0 Å². The zero-order valence-corrected chi connectivity index (χ0v) is 9.71. The van der Waals surface area contributed by atoms with Gasteiger partial charge in [0.15, 0.2) is 0 Å².